The Morgan fingerprint density at radius 1 is 1.19 bits per heavy atom. The van der Waals surface area contributed by atoms with E-state index in [0.717, 1.165) is 0 Å². The van der Waals surface area contributed by atoms with Crippen LogP contribution in [-0.4, -0.2) is 65.9 Å². The monoisotopic (exact) mass is 438 g/mol. The summed E-state index contributed by atoms with van der Waals surface area (Å²) in [7, 11) is 0. The molecule has 8 nitrogen and oxygen atoms in total. The SMILES string of the molecule is O=C(NCC(F)(F)F)c1cc(C2CCN(C(=O)c3cccc4c3OCCO4)CC2)[nH]n1. The number of hydrogen-bond donors (Lipinski definition) is 2. The number of carbonyl (C=O) groups is 2. The van der Waals surface area contributed by atoms with Gasteiger partial charge < -0.3 is 19.7 Å². The lowest BCUT2D eigenvalue weighted by atomic mass is 9.93. The van der Waals surface area contributed by atoms with Gasteiger partial charge in [-0.15, -0.1) is 0 Å². The molecule has 0 radical (unpaired) electrons. The first-order valence-electron chi connectivity index (χ1n) is 9.90. The second-order valence-electron chi connectivity index (χ2n) is 7.40. The fourth-order valence-corrected chi connectivity index (χ4v) is 3.74. The van der Waals surface area contributed by atoms with E-state index >= 15 is 0 Å². The zero-order valence-electron chi connectivity index (χ0n) is 16.5. The van der Waals surface area contributed by atoms with Crippen molar-refractivity contribution < 1.29 is 32.2 Å². The molecule has 1 saturated heterocycles. The van der Waals surface area contributed by atoms with Gasteiger partial charge in [0.15, 0.2) is 11.5 Å². The van der Waals surface area contributed by atoms with E-state index in [0.29, 0.717) is 61.9 Å². The van der Waals surface area contributed by atoms with Crippen molar-refractivity contribution in [2.24, 2.45) is 0 Å². The van der Waals surface area contributed by atoms with Crippen LogP contribution in [0.3, 0.4) is 0 Å². The third-order valence-corrected chi connectivity index (χ3v) is 5.30. The van der Waals surface area contributed by atoms with Gasteiger partial charge in [-0.3, -0.25) is 14.7 Å². The molecule has 0 spiro atoms. The standard InChI is InChI=1S/C20H21F3N4O4/c21-20(22,23)11-24-18(28)15-10-14(25-26-15)12-4-6-27(7-5-12)19(29)13-2-1-3-16-17(13)31-9-8-30-16/h1-3,10,12H,4-9,11H2,(H,24,28)(H,25,26). The summed E-state index contributed by atoms with van der Waals surface area (Å²) in [6, 6.07) is 6.69. The van der Waals surface area contributed by atoms with Gasteiger partial charge in [-0.2, -0.15) is 18.3 Å². The quantitative estimate of drug-likeness (QED) is 0.765. The number of aromatic amines is 1. The van der Waals surface area contributed by atoms with E-state index in [2.05, 4.69) is 10.2 Å². The molecule has 0 unspecified atom stereocenters. The number of piperidine rings is 1. The number of amides is 2. The molecule has 1 aromatic heterocycles. The Morgan fingerprint density at radius 2 is 1.94 bits per heavy atom. The lowest BCUT2D eigenvalue weighted by Gasteiger charge is -2.32. The number of aromatic nitrogens is 2. The van der Waals surface area contributed by atoms with Gasteiger partial charge in [-0.25, -0.2) is 0 Å². The molecule has 3 heterocycles. The number of para-hydroxylation sites is 1. The normalized spacial score (nSPS) is 16.8. The highest BCUT2D eigenvalue weighted by Crippen LogP contribution is 2.35. The lowest BCUT2D eigenvalue weighted by molar-refractivity contribution is -0.123. The number of fused-ring (bicyclic) bond motifs is 1. The van der Waals surface area contributed by atoms with Crippen molar-refractivity contribution in [1.29, 1.82) is 0 Å². The molecule has 2 aromatic rings. The van der Waals surface area contributed by atoms with E-state index in [9.17, 15) is 22.8 Å². The minimum absolute atomic E-state index is 0.0185. The molecule has 4 rings (SSSR count). The topological polar surface area (TPSA) is 96.5 Å². The number of H-pyrrole nitrogens is 1. The molecular formula is C20H21F3N4O4. The van der Waals surface area contributed by atoms with Crippen LogP contribution >= 0.6 is 0 Å². The second-order valence-corrected chi connectivity index (χ2v) is 7.40. The average molecular weight is 438 g/mol. The minimum atomic E-state index is -4.48. The van der Waals surface area contributed by atoms with Crippen molar-refractivity contribution in [3.63, 3.8) is 0 Å². The van der Waals surface area contributed by atoms with Crippen LogP contribution in [0.2, 0.25) is 0 Å². The number of benzene rings is 1. The van der Waals surface area contributed by atoms with Crippen LogP contribution in [-0.2, 0) is 0 Å². The molecule has 0 bridgehead atoms. The highest BCUT2D eigenvalue weighted by Gasteiger charge is 2.30. The molecule has 31 heavy (non-hydrogen) atoms. The van der Waals surface area contributed by atoms with E-state index in [1.165, 1.54) is 6.07 Å². The van der Waals surface area contributed by atoms with E-state index < -0.39 is 18.6 Å². The largest absolute Gasteiger partial charge is 0.486 e. The van der Waals surface area contributed by atoms with Crippen molar-refractivity contribution in [2.75, 3.05) is 32.8 Å². The second kappa shape index (κ2) is 8.48. The highest BCUT2D eigenvalue weighted by molar-refractivity contribution is 5.98. The van der Waals surface area contributed by atoms with Crippen molar-refractivity contribution in [3.05, 3.63) is 41.2 Å². The number of likely N-dealkylation sites (tertiary alicyclic amines) is 1. The molecule has 2 aliphatic heterocycles. The molecule has 11 heteroatoms. The Kier molecular flexibility index (Phi) is 5.75. The summed E-state index contributed by atoms with van der Waals surface area (Å²) in [4.78, 5) is 26.6. The van der Waals surface area contributed by atoms with Gasteiger partial charge >= 0.3 is 6.18 Å². The first-order valence-corrected chi connectivity index (χ1v) is 9.90. The molecule has 0 atom stereocenters. The Labute approximate surface area is 175 Å². The molecule has 1 fully saturated rings. The van der Waals surface area contributed by atoms with Crippen molar-refractivity contribution >= 4 is 11.8 Å². The molecule has 2 amide bonds. The van der Waals surface area contributed by atoms with Gasteiger partial charge in [-0.05, 0) is 31.0 Å². The third-order valence-electron chi connectivity index (χ3n) is 5.30. The summed E-state index contributed by atoms with van der Waals surface area (Å²) >= 11 is 0. The van der Waals surface area contributed by atoms with Crippen molar-refractivity contribution in [2.45, 2.75) is 24.9 Å². The van der Waals surface area contributed by atoms with Crippen LogP contribution in [0.15, 0.2) is 24.3 Å². The smallest absolute Gasteiger partial charge is 0.405 e. The summed E-state index contributed by atoms with van der Waals surface area (Å²) in [6.07, 6.45) is -3.23. The van der Waals surface area contributed by atoms with Crippen LogP contribution in [0.4, 0.5) is 13.2 Å². The predicted molar refractivity (Wildman–Crippen MR) is 102 cm³/mol. The predicted octanol–water partition coefficient (Wildman–Crippen LogP) is 2.49. The van der Waals surface area contributed by atoms with Gasteiger partial charge in [0, 0.05) is 24.7 Å². The molecule has 2 aliphatic rings. The molecule has 2 N–H and O–H groups in total. The van der Waals surface area contributed by atoms with Crippen molar-refractivity contribution in [1.82, 2.24) is 20.4 Å². The van der Waals surface area contributed by atoms with Crippen LogP contribution in [0.5, 0.6) is 11.5 Å². The number of alkyl halides is 3. The summed E-state index contributed by atoms with van der Waals surface area (Å²) in [5.41, 5.74) is 1.03. The van der Waals surface area contributed by atoms with Gasteiger partial charge in [0.25, 0.3) is 11.8 Å². The van der Waals surface area contributed by atoms with Gasteiger partial charge in [0.2, 0.25) is 0 Å². The Balaban J connectivity index is 1.36. The number of nitrogens with zero attached hydrogens (tertiary/aromatic N) is 2. The number of ether oxygens (including phenoxy) is 2. The van der Waals surface area contributed by atoms with Crippen LogP contribution in [0.1, 0.15) is 45.3 Å². The van der Waals surface area contributed by atoms with Gasteiger partial charge in [0.05, 0.1) is 5.56 Å². The van der Waals surface area contributed by atoms with E-state index in [1.807, 2.05) is 0 Å². The molecule has 0 aliphatic carbocycles. The Bertz CT molecular complexity index is 968. The summed E-state index contributed by atoms with van der Waals surface area (Å²) in [5, 5.41) is 8.36. The summed E-state index contributed by atoms with van der Waals surface area (Å²) in [5.74, 6) is 0.0100. The molecular weight excluding hydrogens is 417 g/mol. The third kappa shape index (κ3) is 4.75. The Morgan fingerprint density at radius 3 is 2.68 bits per heavy atom. The maximum atomic E-state index is 13.0. The maximum Gasteiger partial charge on any atom is 0.405 e. The summed E-state index contributed by atoms with van der Waals surface area (Å²) in [6.45, 7) is 0.395. The van der Waals surface area contributed by atoms with E-state index in [4.69, 9.17) is 9.47 Å². The zero-order valence-corrected chi connectivity index (χ0v) is 16.5. The van der Waals surface area contributed by atoms with Crippen LogP contribution in [0.25, 0.3) is 0 Å². The van der Waals surface area contributed by atoms with Crippen LogP contribution in [0, 0.1) is 0 Å². The number of carbonyl (C=O) groups excluding carboxylic acids is 2. The zero-order chi connectivity index (χ0) is 22.0. The maximum absolute atomic E-state index is 13.0. The van der Waals surface area contributed by atoms with Crippen LogP contribution < -0.4 is 14.8 Å². The van der Waals surface area contributed by atoms with E-state index in [1.54, 1.807) is 28.4 Å². The number of rotatable bonds is 4. The molecule has 0 saturated carbocycles. The molecule has 1 aromatic carbocycles. The Hall–Kier alpha value is -3.24. The lowest BCUT2D eigenvalue weighted by Crippen LogP contribution is -2.38. The van der Waals surface area contributed by atoms with Crippen molar-refractivity contribution in [3.8, 4) is 11.5 Å². The number of halogens is 3. The fourth-order valence-electron chi connectivity index (χ4n) is 3.74. The number of nitrogens with one attached hydrogen (secondary N) is 2. The number of hydrogen-bond acceptors (Lipinski definition) is 5. The molecule has 166 valence electrons. The first-order chi connectivity index (χ1) is 14.8. The first kappa shape index (κ1) is 21.0. The fraction of sp³-hybridized carbons (Fsp3) is 0.450. The average Bonchev–Trinajstić information content (AvgIpc) is 3.26. The van der Waals surface area contributed by atoms with E-state index in [-0.39, 0.29) is 17.5 Å². The highest BCUT2D eigenvalue weighted by atomic mass is 19.4. The minimum Gasteiger partial charge on any atom is -0.486 e. The van der Waals surface area contributed by atoms with Gasteiger partial charge in [0.1, 0.15) is 25.5 Å². The van der Waals surface area contributed by atoms with Gasteiger partial charge in [-0.1, -0.05) is 6.07 Å². The summed E-state index contributed by atoms with van der Waals surface area (Å²) < 4.78 is 47.9.